The van der Waals surface area contributed by atoms with E-state index in [2.05, 4.69) is 27.4 Å². The molecule has 5 rings (SSSR count). The molecular weight excluding hydrogens is 314 g/mol. The molecule has 0 unspecified atom stereocenters. The molecule has 0 radical (unpaired) electrons. The summed E-state index contributed by atoms with van der Waals surface area (Å²) in [5, 5.41) is 3.39. The molecule has 0 amide bonds. The van der Waals surface area contributed by atoms with Crippen LogP contribution in [-0.2, 0) is 0 Å². The molecule has 0 aliphatic carbocycles. The van der Waals surface area contributed by atoms with Crippen LogP contribution in [0.15, 0.2) is 61.2 Å². The first-order valence-corrected chi connectivity index (χ1v) is 8.15. The maximum absolute atomic E-state index is 5.69. The number of nitrogens with zero attached hydrogens (tertiary/aromatic N) is 4. The van der Waals surface area contributed by atoms with E-state index in [4.69, 9.17) is 9.72 Å². The Kier molecular flexibility index (Phi) is 3.13. The maximum atomic E-state index is 5.69. The minimum atomic E-state index is 0.672. The minimum absolute atomic E-state index is 0.672. The zero-order valence-electron chi connectivity index (χ0n) is 13.4. The molecule has 6 nitrogen and oxygen atoms in total. The number of fused-ring (bicyclic) bond motifs is 2. The molecule has 1 N–H and O–H groups in total. The molecule has 4 heterocycles. The summed E-state index contributed by atoms with van der Waals surface area (Å²) in [5.74, 6) is 1.55. The molecule has 1 aliphatic heterocycles. The lowest BCUT2D eigenvalue weighted by molar-refractivity contribution is 0.323. The summed E-state index contributed by atoms with van der Waals surface area (Å²) in [7, 11) is 0. The lowest BCUT2D eigenvalue weighted by atomic mass is 10.0. The van der Waals surface area contributed by atoms with Gasteiger partial charge in [0.25, 0.3) is 0 Å². The predicted octanol–water partition coefficient (Wildman–Crippen LogP) is 3.26. The third-order valence-electron chi connectivity index (χ3n) is 4.29. The molecule has 0 fully saturated rings. The highest BCUT2D eigenvalue weighted by Gasteiger charge is 2.18. The monoisotopic (exact) mass is 329 g/mol. The molecule has 0 saturated carbocycles. The van der Waals surface area contributed by atoms with Gasteiger partial charge in [-0.3, -0.25) is 9.38 Å². The van der Waals surface area contributed by atoms with E-state index in [9.17, 15) is 0 Å². The molecule has 1 aliphatic rings. The van der Waals surface area contributed by atoms with E-state index >= 15 is 0 Å². The second kappa shape index (κ2) is 5.59. The fourth-order valence-electron chi connectivity index (χ4n) is 3.16. The van der Waals surface area contributed by atoms with Crippen molar-refractivity contribution in [1.82, 2.24) is 19.4 Å². The third kappa shape index (κ3) is 2.30. The van der Waals surface area contributed by atoms with Crippen LogP contribution in [0.25, 0.3) is 28.3 Å². The minimum Gasteiger partial charge on any atom is -0.490 e. The summed E-state index contributed by atoms with van der Waals surface area (Å²) in [6.07, 6.45) is 7.29. The normalized spacial score (nSPS) is 13.1. The summed E-state index contributed by atoms with van der Waals surface area (Å²) in [4.78, 5) is 13.2. The lowest BCUT2D eigenvalue weighted by Crippen LogP contribution is -2.17. The number of nitrogens with one attached hydrogen (secondary N) is 1. The van der Waals surface area contributed by atoms with Gasteiger partial charge in [-0.15, -0.1) is 0 Å². The van der Waals surface area contributed by atoms with Crippen molar-refractivity contribution in [3.8, 4) is 28.3 Å². The Morgan fingerprint density at radius 1 is 1.04 bits per heavy atom. The molecular formula is C19H15N5O. The van der Waals surface area contributed by atoms with E-state index in [-0.39, 0.29) is 0 Å². The molecule has 1 aromatic carbocycles. The van der Waals surface area contributed by atoms with Gasteiger partial charge in [-0.25, -0.2) is 9.97 Å². The summed E-state index contributed by atoms with van der Waals surface area (Å²) in [6.45, 7) is 1.50. The average Bonchev–Trinajstić information content (AvgIpc) is 3.08. The van der Waals surface area contributed by atoms with Crippen molar-refractivity contribution in [2.45, 2.75) is 0 Å². The molecule has 0 atom stereocenters. The second-order valence-electron chi connectivity index (χ2n) is 5.82. The van der Waals surface area contributed by atoms with Crippen molar-refractivity contribution >= 4 is 11.5 Å². The summed E-state index contributed by atoms with van der Waals surface area (Å²) in [6, 6.07) is 12.0. The van der Waals surface area contributed by atoms with Gasteiger partial charge in [0.05, 0.1) is 17.1 Å². The van der Waals surface area contributed by atoms with Crippen LogP contribution >= 0.6 is 0 Å². The SMILES string of the molecule is c1cnc2nc(-c3ccncc3)c(-c3ccc4c(c3)NCCO4)n2c1. The van der Waals surface area contributed by atoms with Gasteiger partial charge in [-0.05, 0) is 36.4 Å². The zero-order chi connectivity index (χ0) is 16.6. The Labute approximate surface area is 144 Å². The predicted molar refractivity (Wildman–Crippen MR) is 95.6 cm³/mol. The van der Waals surface area contributed by atoms with Crippen LogP contribution < -0.4 is 10.1 Å². The van der Waals surface area contributed by atoms with Gasteiger partial charge in [0.1, 0.15) is 12.4 Å². The first kappa shape index (κ1) is 14.0. The van der Waals surface area contributed by atoms with Gasteiger partial charge < -0.3 is 10.1 Å². The van der Waals surface area contributed by atoms with Crippen molar-refractivity contribution in [2.24, 2.45) is 0 Å². The van der Waals surface area contributed by atoms with E-state index in [1.165, 1.54) is 0 Å². The smallest absolute Gasteiger partial charge is 0.234 e. The molecule has 0 saturated heterocycles. The van der Waals surface area contributed by atoms with Crippen molar-refractivity contribution in [1.29, 1.82) is 0 Å². The highest BCUT2D eigenvalue weighted by atomic mass is 16.5. The van der Waals surface area contributed by atoms with E-state index in [1.807, 2.05) is 34.9 Å². The Morgan fingerprint density at radius 3 is 2.88 bits per heavy atom. The van der Waals surface area contributed by atoms with E-state index < -0.39 is 0 Å². The summed E-state index contributed by atoms with van der Waals surface area (Å²) in [5.41, 5.74) is 4.96. The van der Waals surface area contributed by atoms with Gasteiger partial charge in [0, 0.05) is 42.5 Å². The molecule has 4 aromatic rings. The number of hydrogen-bond acceptors (Lipinski definition) is 5. The maximum Gasteiger partial charge on any atom is 0.234 e. The topological polar surface area (TPSA) is 64.3 Å². The van der Waals surface area contributed by atoms with E-state index in [1.54, 1.807) is 18.6 Å². The number of benzene rings is 1. The van der Waals surface area contributed by atoms with Crippen LogP contribution in [0.1, 0.15) is 0 Å². The fourth-order valence-corrected chi connectivity index (χ4v) is 3.16. The van der Waals surface area contributed by atoms with Crippen LogP contribution in [0, 0.1) is 0 Å². The fraction of sp³-hybridized carbons (Fsp3) is 0.105. The van der Waals surface area contributed by atoms with Gasteiger partial charge >= 0.3 is 0 Å². The van der Waals surface area contributed by atoms with Gasteiger partial charge in [-0.2, -0.15) is 0 Å². The zero-order valence-corrected chi connectivity index (χ0v) is 13.4. The van der Waals surface area contributed by atoms with Crippen molar-refractivity contribution in [3.63, 3.8) is 0 Å². The van der Waals surface area contributed by atoms with E-state index in [0.717, 1.165) is 40.5 Å². The lowest BCUT2D eigenvalue weighted by Gasteiger charge is -2.19. The van der Waals surface area contributed by atoms with E-state index in [0.29, 0.717) is 12.4 Å². The van der Waals surface area contributed by atoms with Crippen LogP contribution in [0.4, 0.5) is 5.69 Å². The highest BCUT2D eigenvalue weighted by Crippen LogP contribution is 2.36. The molecule has 6 heteroatoms. The molecule has 25 heavy (non-hydrogen) atoms. The van der Waals surface area contributed by atoms with Gasteiger partial charge in [0.15, 0.2) is 0 Å². The Bertz CT molecular complexity index is 1060. The molecule has 0 spiro atoms. The Hall–Kier alpha value is -3.41. The van der Waals surface area contributed by atoms with Crippen molar-refractivity contribution in [2.75, 3.05) is 18.5 Å². The quantitative estimate of drug-likeness (QED) is 0.611. The molecule has 3 aromatic heterocycles. The second-order valence-corrected chi connectivity index (χ2v) is 5.82. The van der Waals surface area contributed by atoms with Gasteiger partial charge in [-0.1, -0.05) is 0 Å². The number of aromatic nitrogens is 4. The average molecular weight is 329 g/mol. The van der Waals surface area contributed by atoms with Gasteiger partial charge in [0.2, 0.25) is 5.78 Å². The van der Waals surface area contributed by atoms with Crippen molar-refractivity contribution in [3.05, 3.63) is 61.2 Å². The van der Waals surface area contributed by atoms with Crippen LogP contribution in [-0.4, -0.2) is 32.5 Å². The number of rotatable bonds is 2. The highest BCUT2D eigenvalue weighted by molar-refractivity contribution is 5.83. The number of imidazole rings is 1. The standard InChI is InChI=1S/C19H15N5O/c1-6-22-19-23-17(13-4-7-20-8-5-13)18(24(19)10-1)14-2-3-16-15(12-14)21-9-11-25-16/h1-8,10,12,21H,9,11H2. The van der Waals surface area contributed by atoms with Crippen LogP contribution in [0.2, 0.25) is 0 Å². The number of anilines is 1. The summed E-state index contributed by atoms with van der Waals surface area (Å²) < 4.78 is 7.71. The Morgan fingerprint density at radius 2 is 1.96 bits per heavy atom. The number of hydrogen-bond donors (Lipinski definition) is 1. The van der Waals surface area contributed by atoms with Crippen molar-refractivity contribution < 1.29 is 4.74 Å². The first-order valence-electron chi connectivity index (χ1n) is 8.15. The third-order valence-corrected chi connectivity index (χ3v) is 4.29. The largest absolute Gasteiger partial charge is 0.490 e. The molecule has 0 bridgehead atoms. The number of ether oxygens (including phenoxy) is 1. The van der Waals surface area contributed by atoms with Crippen LogP contribution in [0.3, 0.4) is 0 Å². The molecule has 122 valence electrons. The summed E-state index contributed by atoms with van der Waals surface area (Å²) >= 11 is 0. The van der Waals surface area contributed by atoms with Crippen LogP contribution in [0.5, 0.6) is 5.75 Å². The number of pyridine rings is 1. The Balaban J connectivity index is 1.77. The first-order chi connectivity index (χ1) is 12.4.